The Morgan fingerprint density at radius 3 is 2.30 bits per heavy atom. The summed E-state index contributed by atoms with van der Waals surface area (Å²) in [4.78, 5) is 19.2. The molecule has 0 spiro atoms. The Morgan fingerprint density at radius 1 is 1.07 bits per heavy atom. The molecule has 14 heteroatoms. The summed E-state index contributed by atoms with van der Waals surface area (Å²) in [6.07, 6.45) is -2.22. The molecule has 1 aromatic heterocycles. The standard InChI is InChI=1S/C30H32F5N3O5S/c1-2-44(41,42)25-12-6-20(7-13-25)26(17-39)37-28(40)21-8-14-27(36-15-21)38-16-22(5-11-24(38)18-43-29(31)32)19-3-9-23(10-4-19)30(33,34)35/h3-4,6-10,12-15,22,24,26,29,39H,2,5,11,16-18H2,1H3,(H,37,40)/t22?,24-,26-/m0/s1. The Labute approximate surface area is 251 Å². The van der Waals surface area contributed by atoms with Crippen molar-refractivity contribution in [2.75, 3.05) is 30.4 Å². The third-order valence-electron chi connectivity index (χ3n) is 7.64. The van der Waals surface area contributed by atoms with Crippen molar-refractivity contribution in [2.45, 2.75) is 55.5 Å². The Kier molecular flexibility index (Phi) is 10.6. The van der Waals surface area contributed by atoms with E-state index in [1.807, 2.05) is 0 Å². The van der Waals surface area contributed by atoms with Gasteiger partial charge in [0.1, 0.15) is 5.82 Å². The number of nitrogens with zero attached hydrogens (tertiary/aromatic N) is 2. The SMILES string of the molecule is CCS(=O)(=O)c1ccc([C@H](CO)NC(=O)c2ccc(N3CC(c4ccc(C(F)(F)F)cc4)CC[C@H]3COC(F)F)nc2)cc1. The molecular weight excluding hydrogens is 609 g/mol. The Balaban J connectivity index is 1.49. The molecule has 2 heterocycles. The normalized spacial score (nSPS) is 18.3. The number of halogens is 5. The highest BCUT2D eigenvalue weighted by Crippen LogP contribution is 2.35. The van der Waals surface area contributed by atoms with Gasteiger partial charge in [-0.25, -0.2) is 13.4 Å². The van der Waals surface area contributed by atoms with Crippen LogP contribution in [0.2, 0.25) is 0 Å². The third kappa shape index (κ3) is 8.10. The maximum absolute atomic E-state index is 13.0. The summed E-state index contributed by atoms with van der Waals surface area (Å²) in [5.41, 5.74) is 0.541. The molecule has 44 heavy (non-hydrogen) atoms. The van der Waals surface area contributed by atoms with Gasteiger partial charge < -0.3 is 20.1 Å². The van der Waals surface area contributed by atoms with Gasteiger partial charge in [0.25, 0.3) is 5.91 Å². The van der Waals surface area contributed by atoms with Crippen LogP contribution >= 0.6 is 0 Å². The summed E-state index contributed by atoms with van der Waals surface area (Å²) in [5.74, 6) is -0.462. The van der Waals surface area contributed by atoms with E-state index < -0.39 is 52.8 Å². The van der Waals surface area contributed by atoms with Crippen molar-refractivity contribution in [1.29, 1.82) is 0 Å². The average Bonchev–Trinajstić information content (AvgIpc) is 3.02. The van der Waals surface area contributed by atoms with Crippen LogP contribution in [-0.2, 0) is 20.8 Å². The number of nitrogens with one attached hydrogen (secondary N) is 1. The highest BCUT2D eigenvalue weighted by molar-refractivity contribution is 7.91. The van der Waals surface area contributed by atoms with E-state index in [9.17, 15) is 40.3 Å². The fourth-order valence-electron chi connectivity index (χ4n) is 5.12. The zero-order valence-corrected chi connectivity index (χ0v) is 24.5. The molecule has 0 aliphatic carbocycles. The van der Waals surface area contributed by atoms with Crippen molar-refractivity contribution in [2.24, 2.45) is 0 Å². The molecule has 1 fully saturated rings. The van der Waals surface area contributed by atoms with Crippen LogP contribution in [0.15, 0.2) is 71.8 Å². The van der Waals surface area contributed by atoms with Crippen molar-refractivity contribution in [3.8, 4) is 0 Å². The lowest BCUT2D eigenvalue weighted by Crippen LogP contribution is -2.46. The van der Waals surface area contributed by atoms with Gasteiger partial charge in [0.15, 0.2) is 9.84 Å². The van der Waals surface area contributed by atoms with Crippen LogP contribution in [0, 0.1) is 0 Å². The lowest BCUT2D eigenvalue weighted by Gasteiger charge is -2.40. The van der Waals surface area contributed by atoms with E-state index in [2.05, 4.69) is 15.0 Å². The van der Waals surface area contributed by atoms with Gasteiger partial charge in [0.2, 0.25) is 0 Å². The van der Waals surface area contributed by atoms with Gasteiger partial charge in [0.05, 0.1) is 47.1 Å². The number of ether oxygens (including phenoxy) is 1. The fraction of sp³-hybridized carbons (Fsp3) is 0.400. The molecule has 8 nitrogen and oxygen atoms in total. The second-order valence-corrected chi connectivity index (χ2v) is 12.7. The van der Waals surface area contributed by atoms with Crippen LogP contribution in [0.4, 0.5) is 27.8 Å². The van der Waals surface area contributed by atoms with Crippen molar-refractivity contribution in [1.82, 2.24) is 10.3 Å². The summed E-state index contributed by atoms with van der Waals surface area (Å²) < 4.78 is 93.5. The van der Waals surface area contributed by atoms with Gasteiger partial charge in [0, 0.05) is 18.7 Å². The van der Waals surface area contributed by atoms with Gasteiger partial charge in [-0.05, 0) is 60.4 Å². The number of sulfone groups is 1. The van der Waals surface area contributed by atoms with Crippen molar-refractivity contribution >= 4 is 21.6 Å². The number of amides is 1. The molecule has 1 saturated heterocycles. The predicted molar refractivity (Wildman–Crippen MR) is 152 cm³/mol. The number of aromatic nitrogens is 1. The second kappa shape index (κ2) is 14.0. The minimum absolute atomic E-state index is 0.0668. The topological polar surface area (TPSA) is 109 Å². The number of anilines is 1. The van der Waals surface area contributed by atoms with E-state index >= 15 is 0 Å². The summed E-state index contributed by atoms with van der Waals surface area (Å²) in [6.45, 7) is -1.92. The van der Waals surface area contributed by atoms with Crippen LogP contribution in [0.1, 0.15) is 58.8 Å². The highest BCUT2D eigenvalue weighted by atomic mass is 32.2. The van der Waals surface area contributed by atoms with Gasteiger partial charge in [-0.15, -0.1) is 0 Å². The van der Waals surface area contributed by atoms with Crippen molar-refractivity contribution in [3.05, 3.63) is 89.1 Å². The molecule has 1 aliphatic heterocycles. The smallest absolute Gasteiger partial charge is 0.394 e. The number of pyridine rings is 1. The van der Waals surface area contributed by atoms with E-state index in [4.69, 9.17) is 0 Å². The third-order valence-corrected chi connectivity index (χ3v) is 9.39. The molecule has 1 amide bonds. The number of aliphatic hydroxyl groups excluding tert-OH is 1. The number of hydrogen-bond donors (Lipinski definition) is 2. The molecule has 3 aromatic rings. The molecule has 0 radical (unpaired) electrons. The summed E-state index contributed by atoms with van der Waals surface area (Å²) in [7, 11) is -3.41. The van der Waals surface area contributed by atoms with E-state index in [0.29, 0.717) is 29.8 Å². The monoisotopic (exact) mass is 641 g/mol. The fourth-order valence-corrected chi connectivity index (χ4v) is 6.01. The zero-order chi connectivity index (χ0) is 32.1. The van der Waals surface area contributed by atoms with E-state index in [-0.39, 0.29) is 35.3 Å². The number of aliphatic hydroxyl groups is 1. The first-order chi connectivity index (χ1) is 20.8. The van der Waals surface area contributed by atoms with Crippen LogP contribution in [0.25, 0.3) is 0 Å². The lowest BCUT2D eigenvalue weighted by atomic mass is 9.87. The highest BCUT2D eigenvalue weighted by Gasteiger charge is 2.33. The van der Waals surface area contributed by atoms with Crippen molar-refractivity contribution < 1.29 is 45.0 Å². The first-order valence-corrected chi connectivity index (χ1v) is 15.5. The first-order valence-electron chi connectivity index (χ1n) is 13.9. The predicted octanol–water partition coefficient (Wildman–Crippen LogP) is 5.35. The maximum Gasteiger partial charge on any atom is 0.416 e. The number of carbonyl (C=O) groups excluding carboxylic acids is 1. The Morgan fingerprint density at radius 2 is 1.75 bits per heavy atom. The van der Waals surface area contributed by atoms with Crippen LogP contribution in [0.5, 0.6) is 0 Å². The molecule has 0 bridgehead atoms. The minimum atomic E-state index is -4.47. The molecule has 1 aliphatic rings. The number of hydrogen-bond acceptors (Lipinski definition) is 7. The van der Waals surface area contributed by atoms with E-state index in [1.54, 1.807) is 4.90 Å². The molecule has 2 aromatic carbocycles. The molecule has 0 saturated carbocycles. The number of piperidine rings is 1. The largest absolute Gasteiger partial charge is 0.416 e. The number of rotatable bonds is 11. The number of carbonyl (C=O) groups is 1. The lowest BCUT2D eigenvalue weighted by molar-refractivity contribution is -0.137. The van der Waals surface area contributed by atoms with Crippen LogP contribution in [-0.4, -0.2) is 62.6 Å². The van der Waals surface area contributed by atoms with Gasteiger partial charge >= 0.3 is 12.8 Å². The Hall–Kier alpha value is -3.62. The molecule has 2 N–H and O–H groups in total. The average molecular weight is 642 g/mol. The van der Waals surface area contributed by atoms with Crippen LogP contribution in [0.3, 0.4) is 0 Å². The Bertz CT molecular complexity index is 1500. The maximum atomic E-state index is 13.0. The number of benzene rings is 2. The van der Waals surface area contributed by atoms with Gasteiger partial charge in [-0.2, -0.15) is 22.0 Å². The molecular formula is C30H32F5N3O5S. The molecule has 238 valence electrons. The van der Waals surface area contributed by atoms with Gasteiger partial charge in [-0.3, -0.25) is 4.79 Å². The van der Waals surface area contributed by atoms with Crippen molar-refractivity contribution in [3.63, 3.8) is 0 Å². The number of alkyl halides is 5. The van der Waals surface area contributed by atoms with E-state index in [1.165, 1.54) is 61.7 Å². The first kappa shape index (κ1) is 33.3. The summed E-state index contributed by atoms with van der Waals surface area (Å²) in [6, 6.07) is 12.4. The minimum Gasteiger partial charge on any atom is -0.394 e. The molecule has 1 unspecified atom stereocenters. The zero-order valence-electron chi connectivity index (χ0n) is 23.7. The van der Waals surface area contributed by atoms with Crippen LogP contribution < -0.4 is 10.2 Å². The molecule has 4 rings (SSSR count). The summed E-state index contributed by atoms with van der Waals surface area (Å²) in [5, 5.41) is 12.6. The quantitative estimate of drug-likeness (QED) is 0.272. The van der Waals surface area contributed by atoms with Gasteiger partial charge in [-0.1, -0.05) is 31.2 Å². The van der Waals surface area contributed by atoms with E-state index in [0.717, 1.165) is 12.1 Å². The molecule has 3 atom stereocenters. The second-order valence-electron chi connectivity index (χ2n) is 10.4. The summed E-state index contributed by atoms with van der Waals surface area (Å²) >= 11 is 0.